The van der Waals surface area contributed by atoms with Crippen LogP contribution < -0.4 is 0 Å². The van der Waals surface area contributed by atoms with Crippen molar-refractivity contribution >= 4 is 14.0 Å². The van der Waals surface area contributed by atoms with Crippen molar-refractivity contribution in [3.63, 3.8) is 0 Å². The van der Waals surface area contributed by atoms with E-state index < -0.39 is 13.9 Å². The van der Waals surface area contributed by atoms with E-state index in [1.54, 1.807) is 0 Å². The molecule has 4 nitrogen and oxygen atoms in total. The molecule has 0 spiro atoms. The van der Waals surface area contributed by atoms with Crippen molar-refractivity contribution < 1.29 is 19.0 Å². The van der Waals surface area contributed by atoms with Gasteiger partial charge in [0.05, 0.1) is 13.0 Å². The number of carbonyl (C=O) groups is 1. The lowest BCUT2D eigenvalue weighted by Gasteiger charge is -2.16. The van der Waals surface area contributed by atoms with Crippen LogP contribution in [-0.4, -0.2) is 39.1 Å². The molecule has 0 aliphatic carbocycles. The highest BCUT2D eigenvalue weighted by Gasteiger charge is 2.33. The molecule has 1 heterocycles. The Morgan fingerprint density at radius 2 is 2.05 bits per heavy atom. The molecular weight excluding hydrogens is 284 g/mol. The second-order valence-electron chi connectivity index (χ2n) is 6.44. The van der Waals surface area contributed by atoms with Gasteiger partial charge >= 0.3 is 5.97 Å². The van der Waals surface area contributed by atoms with Gasteiger partial charge < -0.3 is 14.2 Å². The van der Waals surface area contributed by atoms with E-state index in [9.17, 15) is 4.79 Å². The van der Waals surface area contributed by atoms with Crippen molar-refractivity contribution in [2.45, 2.75) is 58.2 Å². The minimum Gasteiger partial charge on any atom is -0.463 e. The van der Waals surface area contributed by atoms with Crippen LogP contribution in [0.15, 0.2) is 0 Å². The Bertz CT molecular complexity index is 482. The SMILES string of the molecule is CC1(C)OC[C@H](COC(=O)CCC#CC#C[Si](C)(C)C)O1. The molecule has 0 saturated carbocycles. The van der Waals surface area contributed by atoms with Crippen molar-refractivity contribution in [3.8, 4) is 23.3 Å². The van der Waals surface area contributed by atoms with Crippen LogP contribution in [0.5, 0.6) is 0 Å². The molecule has 1 atom stereocenters. The molecule has 1 saturated heterocycles. The molecule has 1 aliphatic rings. The predicted octanol–water partition coefficient (Wildman–Crippen LogP) is 2.35. The summed E-state index contributed by atoms with van der Waals surface area (Å²) in [4.78, 5) is 11.5. The summed E-state index contributed by atoms with van der Waals surface area (Å²) in [6.45, 7) is 10.8. The van der Waals surface area contributed by atoms with Gasteiger partial charge in [0.25, 0.3) is 0 Å². The van der Waals surface area contributed by atoms with E-state index in [1.807, 2.05) is 13.8 Å². The van der Waals surface area contributed by atoms with Gasteiger partial charge in [-0.25, -0.2) is 0 Å². The lowest BCUT2D eigenvalue weighted by Crippen LogP contribution is -2.25. The molecule has 0 amide bonds. The zero-order valence-corrected chi connectivity index (χ0v) is 14.5. The van der Waals surface area contributed by atoms with Crippen LogP contribution in [0.3, 0.4) is 0 Å². The van der Waals surface area contributed by atoms with Crippen molar-refractivity contribution in [3.05, 3.63) is 0 Å². The fourth-order valence-electron chi connectivity index (χ4n) is 1.59. The third-order valence-electron chi connectivity index (χ3n) is 2.54. The van der Waals surface area contributed by atoms with Gasteiger partial charge in [0.2, 0.25) is 0 Å². The van der Waals surface area contributed by atoms with Crippen LogP contribution in [0.4, 0.5) is 0 Å². The highest BCUT2D eigenvalue weighted by Crippen LogP contribution is 2.22. The smallest absolute Gasteiger partial charge is 0.306 e. The topological polar surface area (TPSA) is 44.8 Å². The maximum absolute atomic E-state index is 11.5. The summed E-state index contributed by atoms with van der Waals surface area (Å²) < 4.78 is 16.1. The van der Waals surface area contributed by atoms with Crippen LogP contribution in [-0.2, 0) is 19.0 Å². The maximum atomic E-state index is 11.5. The summed E-state index contributed by atoms with van der Waals surface area (Å²) >= 11 is 0. The van der Waals surface area contributed by atoms with Gasteiger partial charge in [-0.1, -0.05) is 25.6 Å². The monoisotopic (exact) mass is 308 g/mol. The number of hydrogen-bond donors (Lipinski definition) is 0. The van der Waals surface area contributed by atoms with E-state index in [0.717, 1.165) is 0 Å². The first-order valence-electron chi connectivity index (χ1n) is 7.15. The maximum Gasteiger partial charge on any atom is 0.306 e. The van der Waals surface area contributed by atoms with Gasteiger partial charge in [-0.15, -0.1) is 5.54 Å². The van der Waals surface area contributed by atoms with Gasteiger partial charge in [0.1, 0.15) is 20.8 Å². The molecule has 0 unspecified atom stereocenters. The average molecular weight is 308 g/mol. The summed E-state index contributed by atoms with van der Waals surface area (Å²) in [5.41, 5.74) is 3.15. The molecule has 5 heteroatoms. The molecular formula is C16H24O4Si. The number of esters is 1. The zero-order chi connectivity index (χ0) is 15.9. The van der Waals surface area contributed by atoms with Crippen molar-refractivity contribution in [2.75, 3.05) is 13.2 Å². The van der Waals surface area contributed by atoms with Crippen LogP contribution in [0.25, 0.3) is 0 Å². The number of carbonyl (C=O) groups excluding carboxylic acids is 1. The Morgan fingerprint density at radius 3 is 2.62 bits per heavy atom. The summed E-state index contributed by atoms with van der Waals surface area (Å²) in [5.74, 6) is 7.64. The predicted molar refractivity (Wildman–Crippen MR) is 84.0 cm³/mol. The first-order valence-corrected chi connectivity index (χ1v) is 10.7. The minimum absolute atomic E-state index is 0.183. The third-order valence-corrected chi connectivity index (χ3v) is 3.42. The largest absolute Gasteiger partial charge is 0.463 e. The second-order valence-corrected chi connectivity index (χ2v) is 11.2. The van der Waals surface area contributed by atoms with Crippen molar-refractivity contribution in [1.29, 1.82) is 0 Å². The molecule has 0 radical (unpaired) electrons. The molecule has 1 fully saturated rings. The minimum atomic E-state index is -1.36. The molecule has 21 heavy (non-hydrogen) atoms. The Hall–Kier alpha value is -1.27. The number of hydrogen-bond acceptors (Lipinski definition) is 4. The molecule has 0 N–H and O–H groups in total. The van der Waals surface area contributed by atoms with Gasteiger partial charge in [-0.2, -0.15) is 0 Å². The average Bonchev–Trinajstić information content (AvgIpc) is 2.69. The fraction of sp³-hybridized carbons (Fsp3) is 0.688. The van der Waals surface area contributed by atoms with E-state index in [4.69, 9.17) is 14.2 Å². The van der Waals surface area contributed by atoms with Gasteiger partial charge in [-0.05, 0) is 25.7 Å². The van der Waals surface area contributed by atoms with Gasteiger partial charge in [-0.3, -0.25) is 4.79 Å². The van der Waals surface area contributed by atoms with E-state index in [0.29, 0.717) is 13.0 Å². The standard InChI is InChI=1S/C16H24O4Si/c1-16(2)19-13-14(20-16)12-18-15(17)10-8-6-7-9-11-21(3,4)5/h14H,8,10,12-13H2,1-5H3/t14-/m0/s1. The lowest BCUT2D eigenvalue weighted by molar-refractivity contribution is -0.158. The van der Waals surface area contributed by atoms with E-state index in [1.165, 1.54) is 0 Å². The van der Waals surface area contributed by atoms with E-state index >= 15 is 0 Å². The summed E-state index contributed by atoms with van der Waals surface area (Å²) in [6.07, 6.45) is 0.559. The normalized spacial score (nSPS) is 20.0. The summed E-state index contributed by atoms with van der Waals surface area (Å²) in [7, 11) is -1.36. The molecule has 0 aromatic rings. The molecule has 0 bridgehead atoms. The first kappa shape index (κ1) is 17.8. The molecule has 0 aromatic carbocycles. The van der Waals surface area contributed by atoms with Crippen molar-refractivity contribution in [2.24, 2.45) is 0 Å². The zero-order valence-electron chi connectivity index (χ0n) is 13.5. The fourth-order valence-corrected chi connectivity index (χ4v) is 2.03. The molecule has 116 valence electrons. The highest BCUT2D eigenvalue weighted by molar-refractivity contribution is 6.83. The Morgan fingerprint density at radius 1 is 1.33 bits per heavy atom. The quantitative estimate of drug-likeness (QED) is 0.454. The Kier molecular flexibility index (Phi) is 6.48. The lowest BCUT2D eigenvalue weighted by atomic mass is 10.3. The van der Waals surface area contributed by atoms with Crippen LogP contribution >= 0.6 is 0 Å². The van der Waals surface area contributed by atoms with Crippen LogP contribution in [0.2, 0.25) is 19.6 Å². The van der Waals surface area contributed by atoms with Crippen LogP contribution in [0, 0.1) is 23.3 Å². The second kappa shape index (κ2) is 7.65. The molecule has 1 aliphatic heterocycles. The van der Waals surface area contributed by atoms with Crippen molar-refractivity contribution in [1.82, 2.24) is 0 Å². The van der Waals surface area contributed by atoms with E-state index in [-0.39, 0.29) is 25.1 Å². The Labute approximate surface area is 128 Å². The summed E-state index contributed by atoms with van der Waals surface area (Å²) in [5, 5.41) is 0. The van der Waals surface area contributed by atoms with E-state index in [2.05, 4.69) is 42.9 Å². The van der Waals surface area contributed by atoms with Crippen LogP contribution in [0.1, 0.15) is 26.7 Å². The van der Waals surface area contributed by atoms with Gasteiger partial charge in [0, 0.05) is 6.42 Å². The number of rotatable bonds is 4. The molecule has 0 aromatic heterocycles. The molecule has 1 rings (SSSR count). The third kappa shape index (κ3) is 8.57. The highest BCUT2D eigenvalue weighted by atomic mass is 28.3. The number of ether oxygens (including phenoxy) is 3. The van der Waals surface area contributed by atoms with Gasteiger partial charge in [0.15, 0.2) is 5.79 Å². The first-order chi connectivity index (χ1) is 9.68. The Balaban J connectivity index is 2.18. The summed E-state index contributed by atoms with van der Waals surface area (Å²) in [6, 6.07) is 0.